The predicted octanol–water partition coefficient (Wildman–Crippen LogP) is 1.58. The second-order valence-electron chi connectivity index (χ2n) is 3.29. The van der Waals surface area contributed by atoms with Crippen molar-refractivity contribution in [1.29, 1.82) is 0 Å². The van der Waals surface area contributed by atoms with Gasteiger partial charge in [0.15, 0.2) is 5.43 Å². The summed E-state index contributed by atoms with van der Waals surface area (Å²) < 4.78 is 0. The summed E-state index contributed by atoms with van der Waals surface area (Å²) in [4.78, 5) is 14.8. The molecule has 1 heterocycles. The number of nitrogens with one attached hydrogen (secondary N) is 1. The molecule has 0 saturated heterocycles. The molecule has 3 nitrogen and oxygen atoms in total. The van der Waals surface area contributed by atoms with Gasteiger partial charge in [-0.15, -0.1) is 0 Å². The Balaban J connectivity index is 2.82. The highest BCUT2D eigenvalue weighted by Gasteiger charge is 2.08. The molecule has 0 amide bonds. The first-order valence-corrected chi connectivity index (χ1v) is 4.48. The van der Waals surface area contributed by atoms with Crippen LogP contribution in [-0.2, 0) is 0 Å². The molecule has 0 bridgehead atoms. The number of rotatable bonds is 1. The summed E-state index contributed by atoms with van der Waals surface area (Å²) in [5.74, 6) is 0. The first kappa shape index (κ1) is 8.97. The average molecular weight is 189 g/mol. The minimum atomic E-state index is -0.733. The van der Waals surface area contributed by atoms with Crippen LogP contribution < -0.4 is 5.43 Å². The number of hydrogen-bond acceptors (Lipinski definition) is 2. The Labute approximate surface area is 81.0 Å². The van der Waals surface area contributed by atoms with E-state index in [0.29, 0.717) is 10.9 Å². The third-order valence-corrected chi connectivity index (χ3v) is 2.27. The van der Waals surface area contributed by atoms with E-state index in [2.05, 4.69) is 4.98 Å². The summed E-state index contributed by atoms with van der Waals surface area (Å²) in [7, 11) is 0. The van der Waals surface area contributed by atoms with Crippen LogP contribution in [0.25, 0.3) is 10.9 Å². The molecule has 0 fully saturated rings. The van der Waals surface area contributed by atoms with Crippen molar-refractivity contribution in [2.75, 3.05) is 0 Å². The summed E-state index contributed by atoms with van der Waals surface area (Å²) in [6.45, 7) is 1.58. The summed E-state index contributed by atoms with van der Waals surface area (Å²) in [5, 5.41) is 9.96. The topological polar surface area (TPSA) is 53.1 Å². The standard InChI is InChI=1S/C11H11NO2/c1-7(13)9-6-12-10-5-3-2-4-8(10)11(9)14/h2-7,13H,1H3,(H,12,14). The zero-order valence-electron chi connectivity index (χ0n) is 7.82. The van der Waals surface area contributed by atoms with E-state index in [-0.39, 0.29) is 5.43 Å². The maximum absolute atomic E-state index is 11.8. The SMILES string of the molecule is CC(O)c1c[nH]c2ccccc2c1=O. The highest BCUT2D eigenvalue weighted by atomic mass is 16.3. The first-order chi connectivity index (χ1) is 6.70. The third kappa shape index (κ3) is 1.32. The maximum atomic E-state index is 11.8. The van der Waals surface area contributed by atoms with E-state index in [1.807, 2.05) is 18.2 Å². The number of benzene rings is 1. The van der Waals surface area contributed by atoms with Gasteiger partial charge in [-0.05, 0) is 19.1 Å². The lowest BCUT2D eigenvalue weighted by Crippen LogP contribution is -2.12. The number of fused-ring (bicyclic) bond motifs is 1. The van der Waals surface area contributed by atoms with Crippen molar-refractivity contribution in [1.82, 2.24) is 4.98 Å². The van der Waals surface area contributed by atoms with E-state index in [9.17, 15) is 9.90 Å². The molecule has 1 aromatic carbocycles. The molecular weight excluding hydrogens is 178 g/mol. The van der Waals surface area contributed by atoms with Crippen LogP contribution in [0.2, 0.25) is 0 Å². The van der Waals surface area contributed by atoms with E-state index >= 15 is 0 Å². The smallest absolute Gasteiger partial charge is 0.195 e. The third-order valence-electron chi connectivity index (χ3n) is 2.27. The Kier molecular flexibility index (Phi) is 2.09. The molecule has 2 aromatic rings. The van der Waals surface area contributed by atoms with Crippen LogP contribution in [0, 0.1) is 0 Å². The molecule has 1 atom stereocenters. The molecular formula is C11H11NO2. The largest absolute Gasteiger partial charge is 0.389 e. The quantitative estimate of drug-likeness (QED) is 0.715. The Hall–Kier alpha value is -1.61. The highest BCUT2D eigenvalue weighted by Crippen LogP contribution is 2.11. The average Bonchev–Trinajstić information content (AvgIpc) is 2.18. The van der Waals surface area contributed by atoms with Crippen molar-refractivity contribution in [3.63, 3.8) is 0 Å². The molecule has 72 valence electrons. The van der Waals surface area contributed by atoms with Gasteiger partial charge in [0, 0.05) is 22.7 Å². The van der Waals surface area contributed by atoms with E-state index in [1.54, 1.807) is 19.2 Å². The summed E-state index contributed by atoms with van der Waals surface area (Å²) in [5.41, 5.74) is 1.10. The molecule has 1 aromatic heterocycles. The fraction of sp³-hybridized carbons (Fsp3) is 0.182. The molecule has 0 aliphatic heterocycles. The van der Waals surface area contributed by atoms with Crippen LogP contribution in [0.3, 0.4) is 0 Å². The molecule has 14 heavy (non-hydrogen) atoms. The molecule has 3 heteroatoms. The number of aliphatic hydroxyl groups excluding tert-OH is 1. The van der Waals surface area contributed by atoms with Crippen molar-refractivity contribution in [2.24, 2.45) is 0 Å². The normalized spacial score (nSPS) is 13.0. The number of para-hydroxylation sites is 1. The van der Waals surface area contributed by atoms with Gasteiger partial charge in [0.1, 0.15) is 0 Å². The van der Waals surface area contributed by atoms with E-state index in [0.717, 1.165) is 5.52 Å². The van der Waals surface area contributed by atoms with Crippen LogP contribution in [0.1, 0.15) is 18.6 Å². The maximum Gasteiger partial charge on any atom is 0.195 e. The van der Waals surface area contributed by atoms with Gasteiger partial charge in [-0.2, -0.15) is 0 Å². The van der Waals surface area contributed by atoms with Crippen molar-refractivity contribution in [3.05, 3.63) is 46.2 Å². The lowest BCUT2D eigenvalue weighted by atomic mass is 10.1. The molecule has 0 aliphatic carbocycles. The summed E-state index contributed by atoms with van der Waals surface area (Å²) in [6.07, 6.45) is 0.832. The monoisotopic (exact) mass is 189 g/mol. The highest BCUT2D eigenvalue weighted by molar-refractivity contribution is 5.78. The molecule has 0 aliphatic rings. The fourth-order valence-electron chi connectivity index (χ4n) is 1.49. The van der Waals surface area contributed by atoms with Crippen LogP contribution in [0.5, 0.6) is 0 Å². The van der Waals surface area contributed by atoms with Gasteiger partial charge in [-0.1, -0.05) is 12.1 Å². The van der Waals surface area contributed by atoms with Crippen LogP contribution in [-0.4, -0.2) is 10.1 Å². The second kappa shape index (κ2) is 3.27. The number of pyridine rings is 1. The zero-order valence-corrected chi connectivity index (χ0v) is 7.82. The van der Waals surface area contributed by atoms with Gasteiger partial charge in [0.25, 0.3) is 0 Å². The molecule has 0 spiro atoms. The van der Waals surface area contributed by atoms with E-state index in [4.69, 9.17) is 0 Å². The van der Waals surface area contributed by atoms with Gasteiger partial charge in [0.05, 0.1) is 6.10 Å². The number of H-pyrrole nitrogens is 1. The van der Waals surface area contributed by atoms with E-state index in [1.165, 1.54) is 0 Å². The number of aliphatic hydroxyl groups is 1. The lowest BCUT2D eigenvalue weighted by molar-refractivity contribution is 0.198. The van der Waals surface area contributed by atoms with Gasteiger partial charge in [-0.3, -0.25) is 4.79 Å². The second-order valence-corrected chi connectivity index (χ2v) is 3.29. The number of aromatic amines is 1. The Bertz CT molecular complexity index is 514. The molecule has 0 radical (unpaired) electrons. The molecule has 2 N–H and O–H groups in total. The fourth-order valence-corrected chi connectivity index (χ4v) is 1.49. The molecule has 1 unspecified atom stereocenters. The summed E-state index contributed by atoms with van der Waals surface area (Å²) >= 11 is 0. The summed E-state index contributed by atoms with van der Waals surface area (Å²) in [6, 6.07) is 7.26. The Morgan fingerprint density at radius 3 is 2.79 bits per heavy atom. The minimum absolute atomic E-state index is 0.102. The van der Waals surface area contributed by atoms with Crippen molar-refractivity contribution >= 4 is 10.9 Å². The van der Waals surface area contributed by atoms with Crippen LogP contribution in [0.4, 0.5) is 0 Å². The molecule has 2 rings (SSSR count). The predicted molar refractivity (Wildman–Crippen MR) is 55.2 cm³/mol. The first-order valence-electron chi connectivity index (χ1n) is 4.48. The van der Waals surface area contributed by atoms with Gasteiger partial charge in [-0.25, -0.2) is 0 Å². The lowest BCUT2D eigenvalue weighted by Gasteiger charge is -2.04. The van der Waals surface area contributed by atoms with Crippen molar-refractivity contribution in [2.45, 2.75) is 13.0 Å². The molecule has 0 saturated carbocycles. The zero-order chi connectivity index (χ0) is 10.1. The van der Waals surface area contributed by atoms with E-state index < -0.39 is 6.10 Å². The Morgan fingerprint density at radius 1 is 1.36 bits per heavy atom. The van der Waals surface area contributed by atoms with Gasteiger partial charge in [0.2, 0.25) is 0 Å². The minimum Gasteiger partial charge on any atom is -0.389 e. The van der Waals surface area contributed by atoms with Crippen molar-refractivity contribution < 1.29 is 5.11 Å². The number of hydrogen-bond donors (Lipinski definition) is 2. The van der Waals surface area contributed by atoms with Gasteiger partial charge >= 0.3 is 0 Å². The number of aromatic nitrogens is 1. The van der Waals surface area contributed by atoms with Crippen molar-refractivity contribution in [3.8, 4) is 0 Å². The van der Waals surface area contributed by atoms with Crippen LogP contribution >= 0.6 is 0 Å². The van der Waals surface area contributed by atoms with Gasteiger partial charge < -0.3 is 10.1 Å². The van der Waals surface area contributed by atoms with Crippen LogP contribution in [0.15, 0.2) is 35.3 Å². The Morgan fingerprint density at radius 2 is 2.07 bits per heavy atom.